The van der Waals surface area contributed by atoms with Gasteiger partial charge in [-0.15, -0.1) is 11.3 Å². The number of para-hydroxylation sites is 1. The topological polar surface area (TPSA) is 43.8 Å². The molecule has 0 saturated carbocycles. The maximum atomic E-state index is 14.1. The zero-order chi connectivity index (χ0) is 16.1. The van der Waals surface area contributed by atoms with E-state index in [4.69, 9.17) is 14.2 Å². The number of anilines is 1. The molecule has 1 aliphatic rings. The standard InChI is InChI=1S/C16H19FN2O3S/c1-20-9-10-22-15-12(3-2-4-13(15)17)14-11-23-16(18-14)19-5-7-21-8-6-19/h2-4,11H,5-10H2,1H3. The maximum absolute atomic E-state index is 14.1. The quantitative estimate of drug-likeness (QED) is 0.758. The van der Waals surface area contributed by atoms with E-state index < -0.39 is 0 Å². The molecule has 1 fully saturated rings. The number of nitrogens with zero attached hydrogens (tertiary/aromatic N) is 2. The number of ether oxygens (including phenoxy) is 3. The van der Waals surface area contributed by atoms with E-state index in [2.05, 4.69) is 9.88 Å². The lowest BCUT2D eigenvalue weighted by Gasteiger charge is -2.26. The maximum Gasteiger partial charge on any atom is 0.186 e. The summed E-state index contributed by atoms with van der Waals surface area (Å²) >= 11 is 1.55. The number of hydrogen-bond donors (Lipinski definition) is 0. The van der Waals surface area contributed by atoms with E-state index in [-0.39, 0.29) is 11.6 Å². The number of morpholine rings is 1. The second-order valence-corrected chi connectivity index (χ2v) is 5.91. The van der Waals surface area contributed by atoms with Gasteiger partial charge in [-0.05, 0) is 12.1 Å². The third kappa shape index (κ3) is 3.80. The van der Waals surface area contributed by atoms with Crippen LogP contribution in [0.5, 0.6) is 5.75 Å². The zero-order valence-electron chi connectivity index (χ0n) is 13.0. The van der Waals surface area contributed by atoms with Crippen molar-refractivity contribution in [2.24, 2.45) is 0 Å². The molecule has 0 atom stereocenters. The van der Waals surface area contributed by atoms with Crippen LogP contribution in [0.25, 0.3) is 11.3 Å². The fourth-order valence-corrected chi connectivity index (χ4v) is 3.25. The van der Waals surface area contributed by atoms with Crippen molar-refractivity contribution in [3.63, 3.8) is 0 Å². The molecule has 0 spiro atoms. The fourth-order valence-electron chi connectivity index (χ4n) is 2.37. The molecule has 3 rings (SSSR count). The number of rotatable bonds is 6. The molecule has 1 saturated heterocycles. The predicted molar refractivity (Wildman–Crippen MR) is 87.9 cm³/mol. The number of aromatic nitrogens is 1. The van der Waals surface area contributed by atoms with Gasteiger partial charge in [0, 0.05) is 31.1 Å². The Morgan fingerprint density at radius 3 is 2.91 bits per heavy atom. The summed E-state index contributed by atoms with van der Waals surface area (Å²) in [5.74, 6) is -0.164. The van der Waals surface area contributed by atoms with Gasteiger partial charge in [-0.3, -0.25) is 0 Å². The molecule has 2 heterocycles. The van der Waals surface area contributed by atoms with Gasteiger partial charge < -0.3 is 19.1 Å². The first-order valence-electron chi connectivity index (χ1n) is 7.48. The molecule has 1 aromatic heterocycles. The molecule has 1 aromatic carbocycles. The largest absolute Gasteiger partial charge is 0.487 e. The molecule has 0 bridgehead atoms. The summed E-state index contributed by atoms with van der Waals surface area (Å²) < 4.78 is 30.0. The van der Waals surface area contributed by atoms with E-state index in [1.165, 1.54) is 6.07 Å². The second-order valence-electron chi connectivity index (χ2n) is 5.07. The van der Waals surface area contributed by atoms with Crippen molar-refractivity contribution in [1.82, 2.24) is 4.98 Å². The summed E-state index contributed by atoms with van der Waals surface area (Å²) in [6, 6.07) is 4.88. The lowest BCUT2D eigenvalue weighted by Crippen LogP contribution is -2.36. The third-order valence-corrected chi connectivity index (χ3v) is 4.45. The predicted octanol–water partition coefficient (Wildman–Crippen LogP) is 2.81. The van der Waals surface area contributed by atoms with Crippen molar-refractivity contribution in [3.05, 3.63) is 29.4 Å². The molecule has 0 radical (unpaired) electrons. The van der Waals surface area contributed by atoms with Gasteiger partial charge in [0.2, 0.25) is 0 Å². The number of thiazole rings is 1. The SMILES string of the molecule is COCCOc1c(F)cccc1-c1csc(N2CCOCC2)n1. The lowest BCUT2D eigenvalue weighted by atomic mass is 10.1. The number of methoxy groups -OCH3 is 1. The van der Waals surface area contributed by atoms with E-state index in [1.807, 2.05) is 11.4 Å². The Labute approximate surface area is 138 Å². The van der Waals surface area contributed by atoms with Crippen molar-refractivity contribution in [3.8, 4) is 17.0 Å². The molecular weight excluding hydrogens is 319 g/mol. The molecule has 23 heavy (non-hydrogen) atoms. The minimum absolute atomic E-state index is 0.225. The molecule has 0 unspecified atom stereocenters. The summed E-state index contributed by atoms with van der Waals surface area (Å²) in [6.07, 6.45) is 0. The molecule has 1 aliphatic heterocycles. The van der Waals surface area contributed by atoms with Gasteiger partial charge in [-0.1, -0.05) is 6.07 Å². The van der Waals surface area contributed by atoms with Gasteiger partial charge in [0.1, 0.15) is 6.61 Å². The van der Waals surface area contributed by atoms with Crippen LogP contribution in [-0.2, 0) is 9.47 Å². The number of benzene rings is 1. The Balaban J connectivity index is 1.83. The molecule has 124 valence electrons. The van der Waals surface area contributed by atoms with Crippen LogP contribution in [0.1, 0.15) is 0 Å². The van der Waals surface area contributed by atoms with E-state index in [1.54, 1.807) is 24.5 Å². The highest BCUT2D eigenvalue weighted by Gasteiger charge is 2.18. The van der Waals surface area contributed by atoms with Crippen LogP contribution in [0.15, 0.2) is 23.6 Å². The van der Waals surface area contributed by atoms with Crippen LogP contribution >= 0.6 is 11.3 Å². The van der Waals surface area contributed by atoms with Gasteiger partial charge in [-0.25, -0.2) is 9.37 Å². The van der Waals surface area contributed by atoms with Crippen molar-refractivity contribution >= 4 is 16.5 Å². The van der Waals surface area contributed by atoms with E-state index in [0.29, 0.717) is 32.0 Å². The summed E-state index contributed by atoms with van der Waals surface area (Å²) in [5.41, 5.74) is 1.39. The molecular formula is C16H19FN2O3S. The third-order valence-electron chi connectivity index (χ3n) is 3.55. The fraction of sp³-hybridized carbons (Fsp3) is 0.438. The minimum atomic E-state index is -0.389. The van der Waals surface area contributed by atoms with Crippen LogP contribution in [0.2, 0.25) is 0 Å². The van der Waals surface area contributed by atoms with E-state index in [9.17, 15) is 4.39 Å². The van der Waals surface area contributed by atoms with Crippen molar-refractivity contribution in [1.29, 1.82) is 0 Å². The normalized spacial score (nSPS) is 15.0. The Morgan fingerprint density at radius 1 is 1.30 bits per heavy atom. The number of halogens is 1. The van der Waals surface area contributed by atoms with Crippen molar-refractivity contribution < 1.29 is 18.6 Å². The number of hydrogen-bond acceptors (Lipinski definition) is 6. The van der Waals surface area contributed by atoms with Gasteiger partial charge in [0.25, 0.3) is 0 Å². The van der Waals surface area contributed by atoms with Crippen molar-refractivity contribution in [2.75, 3.05) is 51.5 Å². The molecule has 0 aliphatic carbocycles. The Bertz CT molecular complexity index is 644. The Hall–Kier alpha value is -1.70. The van der Waals surface area contributed by atoms with Crippen LogP contribution < -0.4 is 9.64 Å². The molecule has 0 N–H and O–H groups in total. The van der Waals surface area contributed by atoms with Crippen LogP contribution in [0.3, 0.4) is 0 Å². The Kier molecular flexibility index (Phi) is 5.43. The molecule has 0 amide bonds. The second kappa shape index (κ2) is 7.72. The summed E-state index contributed by atoms with van der Waals surface area (Å²) in [7, 11) is 1.58. The van der Waals surface area contributed by atoms with Gasteiger partial charge >= 0.3 is 0 Å². The highest BCUT2D eigenvalue weighted by atomic mass is 32.1. The van der Waals surface area contributed by atoms with E-state index >= 15 is 0 Å². The minimum Gasteiger partial charge on any atom is -0.487 e. The summed E-state index contributed by atoms with van der Waals surface area (Å²) in [6.45, 7) is 3.77. The average molecular weight is 338 g/mol. The van der Waals surface area contributed by atoms with Crippen LogP contribution in [-0.4, -0.2) is 51.6 Å². The summed E-state index contributed by atoms with van der Waals surface area (Å²) in [4.78, 5) is 6.83. The first kappa shape index (κ1) is 16.2. The van der Waals surface area contributed by atoms with E-state index in [0.717, 1.165) is 23.9 Å². The van der Waals surface area contributed by atoms with Crippen LogP contribution in [0, 0.1) is 5.82 Å². The highest BCUT2D eigenvalue weighted by Crippen LogP contribution is 2.35. The lowest BCUT2D eigenvalue weighted by molar-refractivity contribution is 0.122. The molecule has 5 nitrogen and oxygen atoms in total. The highest BCUT2D eigenvalue weighted by molar-refractivity contribution is 7.14. The Morgan fingerprint density at radius 2 is 2.13 bits per heavy atom. The van der Waals surface area contributed by atoms with Gasteiger partial charge in [-0.2, -0.15) is 0 Å². The van der Waals surface area contributed by atoms with Crippen molar-refractivity contribution in [2.45, 2.75) is 0 Å². The smallest absolute Gasteiger partial charge is 0.186 e. The molecule has 7 heteroatoms. The van der Waals surface area contributed by atoms with Gasteiger partial charge in [0.05, 0.1) is 25.5 Å². The summed E-state index contributed by atoms with van der Waals surface area (Å²) in [5, 5.41) is 2.86. The first-order chi connectivity index (χ1) is 11.3. The van der Waals surface area contributed by atoms with Crippen LogP contribution in [0.4, 0.5) is 9.52 Å². The zero-order valence-corrected chi connectivity index (χ0v) is 13.8. The first-order valence-corrected chi connectivity index (χ1v) is 8.36. The van der Waals surface area contributed by atoms with Gasteiger partial charge in [0.15, 0.2) is 16.7 Å². The average Bonchev–Trinajstić information content (AvgIpc) is 3.07. The monoisotopic (exact) mass is 338 g/mol. The molecule has 2 aromatic rings.